The maximum absolute atomic E-state index is 11.8. The van der Waals surface area contributed by atoms with Crippen LogP contribution in [0.3, 0.4) is 0 Å². The first-order valence-electron chi connectivity index (χ1n) is 6.55. The van der Waals surface area contributed by atoms with Crippen LogP contribution >= 0.6 is 0 Å². The zero-order valence-electron chi connectivity index (χ0n) is 12.2. The van der Waals surface area contributed by atoms with Crippen molar-refractivity contribution < 1.29 is 4.79 Å². The second-order valence-electron chi connectivity index (χ2n) is 4.53. The summed E-state index contributed by atoms with van der Waals surface area (Å²) in [5.74, 6) is 1.87. The van der Waals surface area contributed by atoms with Crippen molar-refractivity contribution in [3.8, 4) is 18.4 Å². The molecule has 1 heterocycles. The fraction of sp³-hybridized carbons (Fsp3) is 0.375. The summed E-state index contributed by atoms with van der Waals surface area (Å²) >= 11 is 0. The largest absolute Gasteiger partial charge is 0.349 e. The fourth-order valence-corrected chi connectivity index (χ4v) is 2.07. The number of hydrogen-bond donors (Lipinski definition) is 1. The molecule has 0 aliphatic heterocycles. The number of nitriles is 1. The molecule has 20 heavy (non-hydrogen) atoms. The molecule has 0 unspecified atom stereocenters. The van der Waals surface area contributed by atoms with Crippen LogP contribution in [-0.4, -0.2) is 17.0 Å². The Kier molecular flexibility index (Phi) is 5.62. The van der Waals surface area contributed by atoms with E-state index < -0.39 is 5.91 Å². The number of amides is 1. The van der Waals surface area contributed by atoms with E-state index in [-0.39, 0.29) is 12.1 Å². The highest BCUT2D eigenvalue weighted by atomic mass is 16.1. The summed E-state index contributed by atoms with van der Waals surface area (Å²) in [6.07, 6.45) is 7.73. The second-order valence-corrected chi connectivity index (χ2v) is 4.53. The van der Waals surface area contributed by atoms with Crippen molar-refractivity contribution in [1.82, 2.24) is 9.88 Å². The Balaban J connectivity index is 3.09. The van der Waals surface area contributed by atoms with Gasteiger partial charge < -0.3 is 9.88 Å². The normalized spacial score (nSPS) is 10.8. The Morgan fingerprint density at radius 1 is 1.55 bits per heavy atom. The van der Waals surface area contributed by atoms with Gasteiger partial charge in [0.15, 0.2) is 0 Å². The molecule has 0 aromatic carbocycles. The Hall–Kier alpha value is -2.46. The molecule has 1 N–H and O–H groups in total. The van der Waals surface area contributed by atoms with E-state index in [0.29, 0.717) is 0 Å². The number of terminal acetylenes is 1. The molecule has 1 aromatic rings. The van der Waals surface area contributed by atoms with E-state index in [4.69, 9.17) is 11.7 Å². The second kappa shape index (κ2) is 7.21. The Morgan fingerprint density at radius 2 is 2.25 bits per heavy atom. The van der Waals surface area contributed by atoms with E-state index in [1.807, 2.05) is 26.0 Å². The number of nitrogens with one attached hydrogen (secondary N) is 1. The molecule has 1 rings (SSSR count). The van der Waals surface area contributed by atoms with Crippen LogP contribution < -0.4 is 5.32 Å². The van der Waals surface area contributed by atoms with Gasteiger partial charge in [-0.2, -0.15) is 5.26 Å². The lowest BCUT2D eigenvalue weighted by Crippen LogP contribution is -2.24. The maximum atomic E-state index is 11.8. The highest BCUT2D eigenvalue weighted by Crippen LogP contribution is 2.18. The first kappa shape index (κ1) is 15.6. The Labute approximate surface area is 120 Å². The Bertz CT molecular complexity index is 609. The van der Waals surface area contributed by atoms with Gasteiger partial charge in [0.05, 0.1) is 6.54 Å². The molecular weight excluding hydrogens is 250 g/mol. The predicted octanol–water partition coefficient (Wildman–Crippen LogP) is 2.17. The van der Waals surface area contributed by atoms with Gasteiger partial charge in [-0.1, -0.05) is 12.8 Å². The monoisotopic (exact) mass is 269 g/mol. The number of carbonyl (C=O) groups is 1. The SMILES string of the molecule is C#CCNC(=O)/C(C#N)=C\c1cc(C)n(CCC)c1C. The summed E-state index contributed by atoms with van der Waals surface area (Å²) in [6, 6.07) is 3.90. The summed E-state index contributed by atoms with van der Waals surface area (Å²) in [4.78, 5) is 11.8. The first-order valence-corrected chi connectivity index (χ1v) is 6.55. The standard InChI is InChI=1S/C16H19N3O/c1-5-7-18-16(20)15(11-17)10-14-9-12(3)19(8-6-2)13(14)4/h1,9-10H,6-8H2,2-4H3,(H,18,20)/b15-10-. The van der Waals surface area contributed by atoms with Crippen molar-refractivity contribution in [3.63, 3.8) is 0 Å². The number of rotatable bonds is 5. The number of aromatic nitrogens is 1. The summed E-state index contributed by atoms with van der Waals surface area (Å²) in [7, 11) is 0. The van der Waals surface area contributed by atoms with Crippen molar-refractivity contribution in [2.24, 2.45) is 0 Å². The van der Waals surface area contributed by atoms with Gasteiger partial charge in [0.1, 0.15) is 11.6 Å². The van der Waals surface area contributed by atoms with Gasteiger partial charge in [-0.3, -0.25) is 4.79 Å². The van der Waals surface area contributed by atoms with Crippen LogP contribution in [0.5, 0.6) is 0 Å². The third kappa shape index (κ3) is 3.52. The lowest BCUT2D eigenvalue weighted by atomic mass is 10.1. The van der Waals surface area contributed by atoms with Crippen LogP contribution in [-0.2, 0) is 11.3 Å². The maximum Gasteiger partial charge on any atom is 0.262 e. The molecule has 1 aromatic heterocycles. The van der Waals surface area contributed by atoms with E-state index in [2.05, 4.69) is 22.7 Å². The lowest BCUT2D eigenvalue weighted by molar-refractivity contribution is -0.116. The van der Waals surface area contributed by atoms with Gasteiger partial charge in [-0.25, -0.2) is 0 Å². The summed E-state index contributed by atoms with van der Waals surface area (Å²) in [5, 5.41) is 11.6. The van der Waals surface area contributed by atoms with Crippen LogP contribution in [0.2, 0.25) is 0 Å². The first-order chi connectivity index (χ1) is 9.54. The molecule has 4 nitrogen and oxygen atoms in total. The molecule has 4 heteroatoms. The predicted molar refractivity (Wildman–Crippen MR) is 79.6 cm³/mol. The minimum atomic E-state index is -0.439. The number of carbonyl (C=O) groups excluding carboxylic acids is 1. The highest BCUT2D eigenvalue weighted by molar-refractivity contribution is 6.01. The van der Waals surface area contributed by atoms with Crippen molar-refractivity contribution in [2.75, 3.05) is 6.54 Å². The van der Waals surface area contributed by atoms with Crippen molar-refractivity contribution in [3.05, 3.63) is 28.6 Å². The number of aryl methyl sites for hydroxylation is 1. The average Bonchev–Trinajstić information content (AvgIpc) is 2.70. The minimum absolute atomic E-state index is 0.0667. The topological polar surface area (TPSA) is 57.8 Å². The minimum Gasteiger partial charge on any atom is -0.349 e. The molecule has 0 spiro atoms. The smallest absolute Gasteiger partial charge is 0.262 e. The van der Waals surface area contributed by atoms with Crippen molar-refractivity contribution in [2.45, 2.75) is 33.7 Å². The Morgan fingerprint density at radius 3 is 2.80 bits per heavy atom. The van der Waals surface area contributed by atoms with E-state index >= 15 is 0 Å². The van der Waals surface area contributed by atoms with Gasteiger partial charge in [-0.05, 0) is 38.0 Å². The summed E-state index contributed by atoms with van der Waals surface area (Å²) in [6.45, 7) is 7.17. The van der Waals surface area contributed by atoms with E-state index in [9.17, 15) is 4.79 Å². The van der Waals surface area contributed by atoms with Crippen LogP contribution in [0, 0.1) is 37.5 Å². The summed E-state index contributed by atoms with van der Waals surface area (Å²) in [5.41, 5.74) is 3.14. The molecule has 0 aliphatic carbocycles. The molecule has 104 valence electrons. The van der Waals surface area contributed by atoms with Crippen LogP contribution in [0.25, 0.3) is 6.08 Å². The van der Waals surface area contributed by atoms with Gasteiger partial charge in [0.2, 0.25) is 0 Å². The average molecular weight is 269 g/mol. The van der Waals surface area contributed by atoms with E-state index in [1.54, 1.807) is 6.08 Å². The molecule has 0 aliphatic rings. The van der Waals surface area contributed by atoms with E-state index in [1.165, 1.54) is 0 Å². The molecule has 1 amide bonds. The summed E-state index contributed by atoms with van der Waals surface area (Å²) < 4.78 is 2.18. The molecule has 0 saturated carbocycles. The van der Waals surface area contributed by atoms with Crippen LogP contribution in [0.4, 0.5) is 0 Å². The molecule has 0 fully saturated rings. The quantitative estimate of drug-likeness (QED) is 0.506. The van der Waals surface area contributed by atoms with Gasteiger partial charge in [0.25, 0.3) is 5.91 Å². The molecule has 0 atom stereocenters. The lowest BCUT2D eigenvalue weighted by Gasteiger charge is -2.07. The highest BCUT2D eigenvalue weighted by Gasteiger charge is 2.11. The molecule has 0 radical (unpaired) electrons. The fourth-order valence-electron chi connectivity index (χ4n) is 2.07. The number of hydrogen-bond acceptors (Lipinski definition) is 2. The molecule has 0 saturated heterocycles. The van der Waals surface area contributed by atoms with Crippen molar-refractivity contribution in [1.29, 1.82) is 5.26 Å². The third-order valence-corrected chi connectivity index (χ3v) is 3.08. The van der Waals surface area contributed by atoms with Gasteiger partial charge in [0, 0.05) is 17.9 Å². The zero-order valence-corrected chi connectivity index (χ0v) is 12.2. The van der Waals surface area contributed by atoms with Gasteiger partial charge >= 0.3 is 0 Å². The van der Waals surface area contributed by atoms with Gasteiger partial charge in [-0.15, -0.1) is 6.42 Å². The van der Waals surface area contributed by atoms with Crippen molar-refractivity contribution >= 4 is 12.0 Å². The zero-order chi connectivity index (χ0) is 15.1. The number of nitrogens with zero attached hydrogens (tertiary/aromatic N) is 2. The molecular formula is C16H19N3O. The van der Waals surface area contributed by atoms with Crippen LogP contribution in [0.1, 0.15) is 30.3 Å². The van der Waals surface area contributed by atoms with E-state index in [0.717, 1.165) is 29.9 Å². The third-order valence-electron chi connectivity index (χ3n) is 3.08. The van der Waals surface area contributed by atoms with Crippen LogP contribution in [0.15, 0.2) is 11.6 Å². The molecule has 0 bridgehead atoms.